The largest absolute Gasteiger partial charge is 0.250 e. The van der Waals surface area contributed by atoms with Gasteiger partial charge in [0.25, 0.3) is 0 Å². The maximum Gasteiger partial charge on any atom is 0.0968 e. The summed E-state index contributed by atoms with van der Waals surface area (Å²) in [6.07, 6.45) is 8.14. The second kappa shape index (κ2) is 6.33. The van der Waals surface area contributed by atoms with E-state index in [1.54, 1.807) is 0 Å². The Kier molecular flexibility index (Phi) is 3.86. The van der Waals surface area contributed by atoms with Crippen LogP contribution in [-0.4, -0.2) is 9.97 Å². The molecule has 32 heavy (non-hydrogen) atoms. The van der Waals surface area contributed by atoms with Crippen molar-refractivity contribution < 1.29 is 0 Å². The summed E-state index contributed by atoms with van der Waals surface area (Å²) >= 11 is 0. The van der Waals surface area contributed by atoms with Crippen molar-refractivity contribution in [2.75, 3.05) is 0 Å². The summed E-state index contributed by atoms with van der Waals surface area (Å²) < 4.78 is 0. The first-order valence-electron chi connectivity index (χ1n) is 13.0. The zero-order valence-electron chi connectivity index (χ0n) is 20.1. The molecule has 0 amide bonds. The summed E-state index contributed by atoms with van der Waals surface area (Å²) in [4.78, 5) is 10.7. The van der Waals surface area contributed by atoms with Gasteiger partial charge in [-0.15, -0.1) is 0 Å². The molecule has 6 atom stereocenters. The van der Waals surface area contributed by atoms with Gasteiger partial charge in [0.05, 0.1) is 11.0 Å². The van der Waals surface area contributed by atoms with Crippen LogP contribution in [0.1, 0.15) is 89.4 Å². The van der Waals surface area contributed by atoms with Crippen molar-refractivity contribution in [3.8, 4) is 0 Å². The Morgan fingerprint density at radius 3 is 1.38 bits per heavy atom. The first kappa shape index (κ1) is 19.5. The van der Waals surface area contributed by atoms with Crippen LogP contribution >= 0.6 is 0 Å². The molecule has 0 N–H and O–H groups in total. The van der Waals surface area contributed by atoms with E-state index in [4.69, 9.17) is 9.97 Å². The fourth-order valence-electron chi connectivity index (χ4n) is 8.54. The number of fused-ring (bicyclic) bond motifs is 7. The first-order valence-corrected chi connectivity index (χ1v) is 13.0. The lowest BCUT2D eigenvalue weighted by Crippen LogP contribution is -2.51. The Balaban J connectivity index is 1.32. The molecule has 2 nitrogen and oxygen atoms in total. The number of pyridine rings is 2. The molecular formula is C30H36N2. The van der Waals surface area contributed by atoms with E-state index in [-0.39, 0.29) is 0 Å². The van der Waals surface area contributed by atoms with Gasteiger partial charge in [-0.25, -0.2) is 0 Å². The lowest BCUT2D eigenvalue weighted by molar-refractivity contribution is -0.0814. The molecule has 2 heteroatoms. The third kappa shape index (κ3) is 2.47. The van der Waals surface area contributed by atoms with Gasteiger partial charge in [-0.2, -0.15) is 0 Å². The van der Waals surface area contributed by atoms with Crippen molar-refractivity contribution >= 4 is 21.8 Å². The average Bonchev–Trinajstić information content (AvgIpc) is 2.83. The smallest absolute Gasteiger partial charge is 0.0968 e. The summed E-state index contributed by atoms with van der Waals surface area (Å²) in [6.45, 7) is 9.94. The molecule has 0 aliphatic heterocycles. The molecule has 0 saturated heterocycles. The Hall–Kier alpha value is -1.96. The normalized spacial score (nSPS) is 36.5. The zero-order chi connectivity index (χ0) is 21.8. The van der Waals surface area contributed by atoms with Gasteiger partial charge in [-0.3, -0.25) is 9.97 Å². The predicted octanol–water partition coefficient (Wildman–Crippen LogP) is 7.86. The molecule has 9 rings (SSSR count). The molecule has 2 aromatic heterocycles. The standard InChI is InChI=1S/C30H36N2/c1-29(2)19-9-11-21(23(29)15-19)25-13-7-17-5-6-18-8-14-26(32-28(18)27(17)31-25)22-12-10-20-16-24(22)30(20,3)4/h5-8,13-14,19-24H,9-12,15-16H2,1-4H3/t19-,20-,21-,22-,23-,24-/m0/s1. The van der Waals surface area contributed by atoms with Gasteiger partial charge < -0.3 is 0 Å². The van der Waals surface area contributed by atoms with Crippen LogP contribution in [0.3, 0.4) is 0 Å². The molecule has 0 unspecified atom stereocenters. The van der Waals surface area contributed by atoms with Gasteiger partial charge in [0, 0.05) is 34.0 Å². The fraction of sp³-hybridized carbons (Fsp3) is 0.600. The van der Waals surface area contributed by atoms with Gasteiger partial charge in [-0.05, 0) is 85.2 Å². The molecule has 6 fully saturated rings. The van der Waals surface area contributed by atoms with Gasteiger partial charge in [0.2, 0.25) is 0 Å². The highest BCUT2D eigenvalue weighted by molar-refractivity contribution is 6.02. The summed E-state index contributed by atoms with van der Waals surface area (Å²) in [7, 11) is 0. The van der Waals surface area contributed by atoms with Crippen LogP contribution in [0.15, 0.2) is 36.4 Å². The lowest BCUT2D eigenvalue weighted by Gasteiger charge is -2.60. The predicted molar refractivity (Wildman–Crippen MR) is 132 cm³/mol. The van der Waals surface area contributed by atoms with Crippen molar-refractivity contribution in [2.24, 2.45) is 34.5 Å². The highest BCUT2D eigenvalue weighted by Gasteiger charge is 2.55. The lowest BCUT2D eigenvalue weighted by atomic mass is 9.45. The fourth-order valence-corrected chi connectivity index (χ4v) is 8.54. The highest BCUT2D eigenvalue weighted by Crippen LogP contribution is 2.64. The zero-order valence-corrected chi connectivity index (χ0v) is 20.1. The molecule has 1 aromatic carbocycles. The topological polar surface area (TPSA) is 25.8 Å². The quantitative estimate of drug-likeness (QED) is 0.391. The molecule has 0 spiro atoms. The molecule has 2 heterocycles. The summed E-state index contributed by atoms with van der Waals surface area (Å²) in [5, 5.41) is 2.47. The Bertz CT molecular complexity index is 1140. The van der Waals surface area contributed by atoms with Crippen molar-refractivity contribution in [1.82, 2.24) is 9.97 Å². The van der Waals surface area contributed by atoms with Crippen LogP contribution < -0.4 is 0 Å². The Morgan fingerprint density at radius 2 is 1.00 bits per heavy atom. The molecule has 6 aliphatic carbocycles. The van der Waals surface area contributed by atoms with Gasteiger partial charge in [-0.1, -0.05) is 52.0 Å². The molecule has 4 bridgehead atoms. The van der Waals surface area contributed by atoms with Crippen molar-refractivity contribution in [1.29, 1.82) is 0 Å². The van der Waals surface area contributed by atoms with Crippen LogP contribution in [-0.2, 0) is 0 Å². The molecule has 0 radical (unpaired) electrons. The minimum Gasteiger partial charge on any atom is -0.250 e. The van der Waals surface area contributed by atoms with Gasteiger partial charge in [0.15, 0.2) is 0 Å². The molecule has 166 valence electrons. The first-order chi connectivity index (χ1) is 15.3. The van der Waals surface area contributed by atoms with Gasteiger partial charge in [0.1, 0.15) is 0 Å². The van der Waals surface area contributed by atoms with Crippen LogP contribution in [0.2, 0.25) is 0 Å². The van der Waals surface area contributed by atoms with Crippen LogP contribution in [0.5, 0.6) is 0 Å². The van der Waals surface area contributed by atoms with Crippen LogP contribution in [0, 0.1) is 34.5 Å². The minimum atomic E-state index is 0.484. The second-order valence-electron chi connectivity index (χ2n) is 12.8. The summed E-state index contributed by atoms with van der Waals surface area (Å²) in [5.41, 5.74) is 5.85. The van der Waals surface area contributed by atoms with E-state index < -0.39 is 0 Å². The summed E-state index contributed by atoms with van der Waals surface area (Å²) in [5.74, 6) is 4.68. The van der Waals surface area contributed by atoms with E-state index in [0.717, 1.165) is 34.7 Å². The van der Waals surface area contributed by atoms with Crippen molar-refractivity contribution in [3.05, 3.63) is 47.8 Å². The maximum atomic E-state index is 5.35. The third-order valence-corrected chi connectivity index (χ3v) is 11.0. The van der Waals surface area contributed by atoms with E-state index in [2.05, 4.69) is 64.1 Å². The average molecular weight is 425 g/mol. The monoisotopic (exact) mass is 424 g/mol. The molecule has 3 aromatic rings. The van der Waals surface area contributed by atoms with Crippen LogP contribution in [0.25, 0.3) is 21.8 Å². The maximum absolute atomic E-state index is 5.35. The third-order valence-electron chi connectivity index (χ3n) is 11.0. The number of benzene rings is 1. The number of rotatable bonds is 2. The van der Waals surface area contributed by atoms with E-state index in [0.29, 0.717) is 22.7 Å². The SMILES string of the molecule is CC1(C)[C@H]2CC[C@H](c3ccc4ccc5ccc([C@H]6CC[C@H]7C[C@@H]6C7(C)C)nc5c4n3)[C@@H]1C2. The van der Waals surface area contributed by atoms with Gasteiger partial charge >= 0.3 is 0 Å². The number of hydrogen-bond acceptors (Lipinski definition) is 2. The van der Waals surface area contributed by atoms with E-state index >= 15 is 0 Å². The van der Waals surface area contributed by atoms with Crippen LogP contribution in [0.4, 0.5) is 0 Å². The highest BCUT2D eigenvalue weighted by atomic mass is 14.8. The second-order valence-corrected chi connectivity index (χ2v) is 12.8. The summed E-state index contributed by atoms with van der Waals surface area (Å²) in [6, 6.07) is 13.7. The van der Waals surface area contributed by atoms with Crippen molar-refractivity contribution in [2.45, 2.75) is 78.1 Å². The molecule has 6 aliphatic rings. The number of nitrogens with zero attached hydrogens (tertiary/aromatic N) is 2. The minimum absolute atomic E-state index is 0.484. The van der Waals surface area contributed by atoms with E-state index in [1.165, 1.54) is 60.7 Å². The molecular weight excluding hydrogens is 388 g/mol. The molecule has 6 saturated carbocycles. The Morgan fingerprint density at radius 1 is 0.594 bits per heavy atom. The number of hydrogen-bond donors (Lipinski definition) is 0. The van der Waals surface area contributed by atoms with E-state index in [9.17, 15) is 0 Å². The Labute approximate surface area is 192 Å². The van der Waals surface area contributed by atoms with E-state index in [1.807, 2.05) is 0 Å². The van der Waals surface area contributed by atoms with Crippen molar-refractivity contribution in [3.63, 3.8) is 0 Å². The number of aromatic nitrogens is 2.